The van der Waals surface area contributed by atoms with Gasteiger partial charge in [-0.1, -0.05) is 42.0 Å². The highest BCUT2D eigenvalue weighted by atomic mass is 16.5. The molecule has 5 aromatic rings. The molecule has 148 valence electrons. The quantitative estimate of drug-likeness (QED) is 0.326. The molecule has 3 heteroatoms. The van der Waals surface area contributed by atoms with Gasteiger partial charge in [-0.2, -0.15) is 0 Å². The molecule has 3 nitrogen and oxygen atoms in total. The van der Waals surface area contributed by atoms with Crippen LogP contribution >= 0.6 is 0 Å². The van der Waals surface area contributed by atoms with E-state index >= 15 is 0 Å². The van der Waals surface area contributed by atoms with Crippen LogP contribution in [0.5, 0.6) is 5.75 Å². The Labute approximate surface area is 175 Å². The molecule has 0 aliphatic heterocycles. The number of fused-ring (bicyclic) bond motifs is 4. The van der Waals surface area contributed by atoms with Crippen molar-refractivity contribution in [3.8, 4) is 5.75 Å². The average Bonchev–Trinajstić information content (AvgIpc) is 3.09. The van der Waals surface area contributed by atoms with Gasteiger partial charge in [0.2, 0.25) is 0 Å². The Bertz CT molecular complexity index is 1440. The minimum absolute atomic E-state index is 0.0180. The van der Waals surface area contributed by atoms with E-state index in [1.165, 1.54) is 16.5 Å². The second-order valence-corrected chi connectivity index (χ2v) is 7.69. The van der Waals surface area contributed by atoms with Crippen LogP contribution in [0, 0.1) is 6.92 Å². The molecular formula is C27H23NO2. The van der Waals surface area contributed by atoms with Crippen molar-refractivity contribution in [2.45, 2.75) is 20.4 Å². The van der Waals surface area contributed by atoms with Gasteiger partial charge in [-0.25, -0.2) is 0 Å². The van der Waals surface area contributed by atoms with Gasteiger partial charge in [0.05, 0.1) is 12.7 Å². The number of hydrogen-bond donors (Lipinski definition) is 0. The Kier molecular flexibility index (Phi) is 4.32. The molecule has 0 radical (unpaired) electrons. The number of ketones is 1. The molecule has 4 aromatic carbocycles. The van der Waals surface area contributed by atoms with Gasteiger partial charge in [-0.05, 0) is 61.0 Å². The molecule has 0 atom stereocenters. The van der Waals surface area contributed by atoms with Gasteiger partial charge < -0.3 is 9.30 Å². The van der Waals surface area contributed by atoms with Crippen LogP contribution in [0.15, 0.2) is 72.8 Å². The minimum Gasteiger partial charge on any atom is -0.496 e. The van der Waals surface area contributed by atoms with E-state index in [4.69, 9.17) is 4.74 Å². The molecule has 0 bridgehead atoms. The molecule has 0 saturated heterocycles. The summed E-state index contributed by atoms with van der Waals surface area (Å²) in [5.41, 5.74) is 4.86. The summed E-state index contributed by atoms with van der Waals surface area (Å²) >= 11 is 0. The smallest absolute Gasteiger partial charge is 0.197 e. The lowest BCUT2D eigenvalue weighted by Crippen LogP contribution is -2.05. The second-order valence-electron chi connectivity index (χ2n) is 7.69. The van der Waals surface area contributed by atoms with E-state index in [1.807, 2.05) is 48.5 Å². The van der Waals surface area contributed by atoms with Crippen LogP contribution in [0.25, 0.3) is 32.6 Å². The predicted molar refractivity (Wildman–Crippen MR) is 124 cm³/mol. The number of aromatic nitrogens is 1. The van der Waals surface area contributed by atoms with Gasteiger partial charge in [0, 0.05) is 33.9 Å². The Hall–Kier alpha value is -3.59. The monoisotopic (exact) mass is 393 g/mol. The van der Waals surface area contributed by atoms with Gasteiger partial charge in [-0.15, -0.1) is 0 Å². The zero-order chi connectivity index (χ0) is 20.8. The van der Waals surface area contributed by atoms with Crippen molar-refractivity contribution in [3.05, 3.63) is 89.5 Å². The fourth-order valence-corrected chi connectivity index (χ4v) is 4.50. The highest BCUT2D eigenvalue weighted by Gasteiger charge is 2.20. The van der Waals surface area contributed by atoms with Crippen LogP contribution in [-0.4, -0.2) is 17.5 Å². The molecule has 1 heterocycles. The zero-order valence-corrected chi connectivity index (χ0v) is 17.4. The van der Waals surface area contributed by atoms with E-state index in [0.29, 0.717) is 16.9 Å². The zero-order valence-electron chi connectivity index (χ0n) is 17.4. The predicted octanol–water partition coefficient (Wildman–Crippen LogP) is 6.52. The number of ether oxygens (including phenoxy) is 1. The van der Waals surface area contributed by atoms with Crippen LogP contribution in [0.3, 0.4) is 0 Å². The molecule has 5 rings (SSSR count). The third-order valence-corrected chi connectivity index (χ3v) is 5.94. The van der Waals surface area contributed by atoms with Crippen LogP contribution in [0.4, 0.5) is 0 Å². The minimum atomic E-state index is -0.0180. The molecule has 30 heavy (non-hydrogen) atoms. The van der Waals surface area contributed by atoms with E-state index in [9.17, 15) is 4.79 Å². The molecule has 0 amide bonds. The van der Waals surface area contributed by atoms with E-state index in [0.717, 1.165) is 28.2 Å². The molecule has 0 aliphatic rings. The molecule has 0 N–H and O–H groups in total. The van der Waals surface area contributed by atoms with E-state index in [1.54, 1.807) is 7.11 Å². The summed E-state index contributed by atoms with van der Waals surface area (Å²) in [6, 6.07) is 24.4. The number of carbonyl (C=O) groups is 1. The summed E-state index contributed by atoms with van der Waals surface area (Å²) in [6.07, 6.45) is 0. The van der Waals surface area contributed by atoms with Gasteiger partial charge >= 0.3 is 0 Å². The number of aryl methyl sites for hydroxylation is 2. The van der Waals surface area contributed by atoms with Crippen LogP contribution in [-0.2, 0) is 6.54 Å². The number of carbonyl (C=O) groups excluding carboxylic acids is 1. The van der Waals surface area contributed by atoms with Crippen LogP contribution in [0.1, 0.15) is 28.4 Å². The largest absolute Gasteiger partial charge is 0.496 e. The second kappa shape index (κ2) is 7.03. The first-order valence-corrected chi connectivity index (χ1v) is 10.3. The summed E-state index contributed by atoms with van der Waals surface area (Å²) < 4.78 is 7.87. The number of rotatable bonds is 4. The molecule has 0 spiro atoms. The summed E-state index contributed by atoms with van der Waals surface area (Å²) in [4.78, 5) is 13.7. The van der Waals surface area contributed by atoms with E-state index < -0.39 is 0 Å². The van der Waals surface area contributed by atoms with Gasteiger partial charge in [0.1, 0.15) is 5.75 Å². The van der Waals surface area contributed by atoms with Crippen molar-refractivity contribution < 1.29 is 9.53 Å². The molecule has 0 unspecified atom stereocenters. The Morgan fingerprint density at radius 3 is 2.37 bits per heavy atom. The Morgan fingerprint density at radius 1 is 0.867 bits per heavy atom. The summed E-state index contributed by atoms with van der Waals surface area (Å²) in [6.45, 7) is 5.14. The van der Waals surface area contributed by atoms with E-state index in [-0.39, 0.29) is 5.78 Å². The molecule has 0 fully saturated rings. The fraction of sp³-hybridized carbons (Fsp3) is 0.148. The number of benzene rings is 4. The van der Waals surface area contributed by atoms with Crippen molar-refractivity contribution in [1.29, 1.82) is 0 Å². The number of nitrogens with zero attached hydrogens (tertiary/aromatic N) is 1. The highest BCUT2D eigenvalue weighted by molar-refractivity contribution is 6.20. The number of methoxy groups -OCH3 is 1. The summed E-state index contributed by atoms with van der Waals surface area (Å²) in [5, 5.41) is 4.24. The maximum Gasteiger partial charge on any atom is 0.197 e. The first-order valence-electron chi connectivity index (χ1n) is 10.3. The van der Waals surface area contributed by atoms with E-state index in [2.05, 4.69) is 42.7 Å². The molecule has 0 saturated carbocycles. The van der Waals surface area contributed by atoms with Crippen molar-refractivity contribution in [2.24, 2.45) is 0 Å². The highest BCUT2D eigenvalue weighted by Crippen LogP contribution is 2.34. The van der Waals surface area contributed by atoms with Crippen LogP contribution < -0.4 is 4.74 Å². The molecule has 1 aromatic heterocycles. The third-order valence-electron chi connectivity index (χ3n) is 5.94. The van der Waals surface area contributed by atoms with Crippen molar-refractivity contribution in [1.82, 2.24) is 4.57 Å². The fourth-order valence-electron chi connectivity index (χ4n) is 4.50. The molecular weight excluding hydrogens is 370 g/mol. The molecule has 0 aliphatic carbocycles. The Morgan fingerprint density at radius 2 is 1.60 bits per heavy atom. The SMILES string of the molecule is CCn1c2ccc(C)cc2c2cc(C(=O)c3c(OC)ccc4ccccc34)ccc21. The topological polar surface area (TPSA) is 31.2 Å². The lowest BCUT2D eigenvalue weighted by molar-refractivity contribution is 0.103. The summed E-state index contributed by atoms with van der Waals surface area (Å²) in [5.74, 6) is 0.584. The maximum absolute atomic E-state index is 13.7. The van der Waals surface area contributed by atoms with Crippen LogP contribution in [0.2, 0.25) is 0 Å². The first kappa shape index (κ1) is 18.4. The Balaban J connectivity index is 1.77. The number of hydrogen-bond acceptors (Lipinski definition) is 2. The normalized spacial score (nSPS) is 11.4. The van der Waals surface area contributed by atoms with Crippen molar-refractivity contribution in [2.75, 3.05) is 7.11 Å². The van der Waals surface area contributed by atoms with Gasteiger partial charge in [0.15, 0.2) is 5.78 Å². The third kappa shape index (κ3) is 2.70. The standard InChI is InChI=1S/C27H23NO2/c1-4-28-23-12-9-17(2)15-21(23)22-16-19(10-13-24(22)28)27(29)26-20-8-6-5-7-18(20)11-14-25(26)30-3/h5-16H,4H2,1-3H3. The van der Waals surface area contributed by atoms with Gasteiger partial charge in [-0.3, -0.25) is 4.79 Å². The van der Waals surface area contributed by atoms with Gasteiger partial charge in [0.25, 0.3) is 0 Å². The average molecular weight is 393 g/mol. The first-order chi connectivity index (χ1) is 14.6. The lowest BCUT2D eigenvalue weighted by Gasteiger charge is -2.12. The lowest BCUT2D eigenvalue weighted by atomic mass is 9.95. The maximum atomic E-state index is 13.7. The summed E-state index contributed by atoms with van der Waals surface area (Å²) in [7, 11) is 1.61. The van der Waals surface area contributed by atoms with Crippen molar-refractivity contribution in [3.63, 3.8) is 0 Å². The van der Waals surface area contributed by atoms with Crippen molar-refractivity contribution >= 4 is 38.4 Å².